The largest absolute Gasteiger partial charge is 0.478 e. The number of carboxylic acid groups (broad SMARTS) is 1. The highest BCUT2D eigenvalue weighted by molar-refractivity contribution is 5.89. The van der Waals surface area contributed by atoms with E-state index in [0.717, 1.165) is 18.4 Å². The minimum Gasteiger partial charge on any atom is -0.478 e. The third-order valence-corrected chi connectivity index (χ3v) is 3.66. The standard InChI is InChI=1S/C17H26O3/c1-3-4-5-6-7-11-15(20-2)13-14-10-8-9-12-16(14)17(18)19/h8-10,12,15H,3-7,11,13H2,1-2H3,(H,18,19). The van der Waals surface area contributed by atoms with Gasteiger partial charge in [0.15, 0.2) is 0 Å². The monoisotopic (exact) mass is 278 g/mol. The third-order valence-electron chi connectivity index (χ3n) is 3.66. The molecule has 1 aromatic rings. The van der Waals surface area contributed by atoms with Gasteiger partial charge in [-0.2, -0.15) is 0 Å². The summed E-state index contributed by atoms with van der Waals surface area (Å²) < 4.78 is 5.50. The minimum absolute atomic E-state index is 0.108. The molecule has 1 unspecified atom stereocenters. The molecule has 0 saturated carbocycles. The van der Waals surface area contributed by atoms with Crippen LogP contribution in [0.25, 0.3) is 0 Å². The Morgan fingerprint density at radius 3 is 2.55 bits per heavy atom. The summed E-state index contributed by atoms with van der Waals surface area (Å²) >= 11 is 0. The molecular weight excluding hydrogens is 252 g/mol. The van der Waals surface area contributed by atoms with Crippen molar-refractivity contribution in [1.82, 2.24) is 0 Å². The van der Waals surface area contributed by atoms with E-state index in [1.54, 1.807) is 19.2 Å². The van der Waals surface area contributed by atoms with Crippen LogP contribution in [0.2, 0.25) is 0 Å². The first-order chi connectivity index (χ1) is 9.69. The van der Waals surface area contributed by atoms with E-state index < -0.39 is 5.97 Å². The average Bonchev–Trinajstić information content (AvgIpc) is 2.46. The van der Waals surface area contributed by atoms with Crippen LogP contribution >= 0.6 is 0 Å². The Morgan fingerprint density at radius 1 is 1.20 bits per heavy atom. The lowest BCUT2D eigenvalue weighted by Crippen LogP contribution is -2.16. The fraction of sp³-hybridized carbons (Fsp3) is 0.588. The Labute approximate surface area is 122 Å². The highest BCUT2D eigenvalue weighted by Gasteiger charge is 2.14. The average molecular weight is 278 g/mol. The van der Waals surface area contributed by atoms with Crippen LogP contribution in [-0.2, 0) is 11.2 Å². The van der Waals surface area contributed by atoms with Crippen LogP contribution in [0.3, 0.4) is 0 Å². The van der Waals surface area contributed by atoms with Crippen molar-refractivity contribution in [2.24, 2.45) is 0 Å². The van der Waals surface area contributed by atoms with Crippen molar-refractivity contribution in [1.29, 1.82) is 0 Å². The normalized spacial score (nSPS) is 12.3. The molecule has 0 spiro atoms. The Bertz CT molecular complexity index is 401. The summed E-state index contributed by atoms with van der Waals surface area (Å²) in [5.41, 5.74) is 1.25. The van der Waals surface area contributed by atoms with Crippen LogP contribution in [0.4, 0.5) is 0 Å². The Kier molecular flexibility index (Phi) is 7.97. The molecular formula is C17H26O3. The van der Waals surface area contributed by atoms with Gasteiger partial charge in [-0.1, -0.05) is 57.2 Å². The zero-order valence-electron chi connectivity index (χ0n) is 12.6. The molecule has 1 N–H and O–H groups in total. The van der Waals surface area contributed by atoms with E-state index in [1.165, 1.54) is 25.7 Å². The second-order valence-corrected chi connectivity index (χ2v) is 5.23. The summed E-state index contributed by atoms with van der Waals surface area (Å²) in [7, 11) is 1.71. The second kappa shape index (κ2) is 9.54. The molecule has 0 aromatic heterocycles. The number of rotatable bonds is 10. The summed E-state index contributed by atoms with van der Waals surface area (Å²) in [6.45, 7) is 2.21. The number of ether oxygens (including phenoxy) is 1. The zero-order chi connectivity index (χ0) is 14.8. The topological polar surface area (TPSA) is 46.5 Å². The van der Waals surface area contributed by atoms with Gasteiger partial charge in [0.05, 0.1) is 11.7 Å². The van der Waals surface area contributed by atoms with Crippen molar-refractivity contribution in [3.8, 4) is 0 Å². The maximum atomic E-state index is 11.2. The molecule has 0 heterocycles. The molecule has 1 rings (SSSR count). The number of unbranched alkanes of at least 4 members (excludes halogenated alkanes) is 4. The van der Waals surface area contributed by atoms with Gasteiger partial charge in [0.2, 0.25) is 0 Å². The first-order valence-corrected chi connectivity index (χ1v) is 7.53. The maximum Gasteiger partial charge on any atom is 0.335 e. The van der Waals surface area contributed by atoms with Crippen molar-refractivity contribution in [3.63, 3.8) is 0 Å². The molecule has 112 valence electrons. The summed E-state index contributed by atoms with van der Waals surface area (Å²) in [5.74, 6) is -0.863. The van der Waals surface area contributed by atoms with E-state index in [2.05, 4.69) is 6.92 Å². The lowest BCUT2D eigenvalue weighted by Gasteiger charge is -2.16. The number of benzene rings is 1. The lowest BCUT2D eigenvalue weighted by atomic mass is 9.98. The van der Waals surface area contributed by atoms with Crippen molar-refractivity contribution in [2.75, 3.05) is 7.11 Å². The molecule has 1 atom stereocenters. The maximum absolute atomic E-state index is 11.2. The molecule has 0 radical (unpaired) electrons. The van der Waals surface area contributed by atoms with Gasteiger partial charge in [-0.05, 0) is 24.5 Å². The first kappa shape index (κ1) is 16.7. The van der Waals surface area contributed by atoms with E-state index in [-0.39, 0.29) is 6.10 Å². The van der Waals surface area contributed by atoms with Gasteiger partial charge in [0, 0.05) is 7.11 Å². The Hall–Kier alpha value is -1.35. The van der Waals surface area contributed by atoms with Gasteiger partial charge in [0.25, 0.3) is 0 Å². The SMILES string of the molecule is CCCCCCCC(Cc1ccccc1C(=O)O)OC. The summed E-state index contributed by atoms with van der Waals surface area (Å²) in [6, 6.07) is 7.19. The third kappa shape index (κ3) is 5.74. The second-order valence-electron chi connectivity index (χ2n) is 5.23. The number of methoxy groups -OCH3 is 1. The summed E-state index contributed by atoms with van der Waals surface area (Å²) in [6.07, 6.45) is 7.97. The van der Waals surface area contributed by atoms with Crippen LogP contribution < -0.4 is 0 Å². The van der Waals surface area contributed by atoms with Crippen molar-refractivity contribution in [3.05, 3.63) is 35.4 Å². The van der Waals surface area contributed by atoms with Crippen molar-refractivity contribution in [2.45, 2.75) is 58.0 Å². The van der Waals surface area contributed by atoms with Crippen LogP contribution in [0.15, 0.2) is 24.3 Å². The van der Waals surface area contributed by atoms with Gasteiger partial charge < -0.3 is 9.84 Å². The molecule has 20 heavy (non-hydrogen) atoms. The van der Waals surface area contributed by atoms with Crippen molar-refractivity contribution < 1.29 is 14.6 Å². The molecule has 0 amide bonds. The summed E-state index contributed by atoms with van der Waals surface area (Å²) in [5, 5.41) is 9.18. The molecule has 0 aliphatic rings. The van der Waals surface area contributed by atoms with Crippen molar-refractivity contribution >= 4 is 5.97 Å². The van der Waals surface area contributed by atoms with E-state index in [9.17, 15) is 9.90 Å². The lowest BCUT2D eigenvalue weighted by molar-refractivity contribution is 0.0691. The van der Waals surface area contributed by atoms with Crippen LogP contribution in [-0.4, -0.2) is 24.3 Å². The van der Waals surface area contributed by atoms with Gasteiger partial charge in [-0.25, -0.2) is 4.79 Å². The number of carboxylic acids is 1. The predicted molar refractivity (Wildman–Crippen MR) is 81.3 cm³/mol. The van der Waals surface area contributed by atoms with Crippen LogP contribution in [0.5, 0.6) is 0 Å². The van der Waals surface area contributed by atoms with Gasteiger partial charge >= 0.3 is 5.97 Å². The molecule has 3 nitrogen and oxygen atoms in total. The number of hydrogen-bond acceptors (Lipinski definition) is 2. The van der Waals surface area contributed by atoms with Crippen LogP contribution in [0.1, 0.15) is 61.4 Å². The van der Waals surface area contributed by atoms with Gasteiger partial charge in [-0.15, -0.1) is 0 Å². The van der Waals surface area contributed by atoms with E-state index >= 15 is 0 Å². The highest BCUT2D eigenvalue weighted by atomic mass is 16.5. The Morgan fingerprint density at radius 2 is 1.90 bits per heavy atom. The first-order valence-electron chi connectivity index (χ1n) is 7.53. The quantitative estimate of drug-likeness (QED) is 0.649. The molecule has 0 saturated heterocycles. The van der Waals surface area contributed by atoms with E-state index in [4.69, 9.17) is 4.74 Å². The molecule has 0 fully saturated rings. The minimum atomic E-state index is -0.863. The summed E-state index contributed by atoms with van der Waals surface area (Å²) in [4.78, 5) is 11.2. The number of aromatic carboxylic acids is 1. The smallest absolute Gasteiger partial charge is 0.335 e. The molecule has 1 aromatic carbocycles. The Balaban J connectivity index is 2.49. The fourth-order valence-corrected chi connectivity index (χ4v) is 2.43. The fourth-order valence-electron chi connectivity index (χ4n) is 2.43. The number of carbonyl (C=O) groups is 1. The predicted octanol–water partition coefficient (Wildman–Crippen LogP) is 4.30. The molecule has 0 aliphatic carbocycles. The zero-order valence-corrected chi connectivity index (χ0v) is 12.6. The number of hydrogen-bond donors (Lipinski definition) is 1. The molecule has 0 aliphatic heterocycles. The van der Waals surface area contributed by atoms with Gasteiger partial charge in [-0.3, -0.25) is 0 Å². The van der Waals surface area contributed by atoms with Crippen LogP contribution in [0, 0.1) is 0 Å². The van der Waals surface area contributed by atoms with Gasteiger partial charge in [0.1, 0.15) is 0 Å². The molecule has 0 bridgehead atoms. The van der Waals surface area contributed by atoms with E-state index in [1.807, 2.05) is 12.1 Å². The highest BCUT2D eigenvalue weighted by Crippen LogP contribution is 2.16. The molecule has 3 heteroatoms. The van der Waals surface area contributed by atoms with E-state index in [0.29, 0.717) is 12.0 Å².